The van der Waals surface area contributed by atoms with Gasteiger partial charge in [0.05, 0.1) is 12.0 Å². The summed E-state index contributed by atoms with van der Waals surface area (Å²) in [5.41, 5.74) is 0.632. The van der Waals surface area contributed by atoms with Crippen LogP contribution in [0.15, 0.2) is 40.3 Å². The largest absolute Gasteiger partial charge is 0.471 e. The van der Waals surface area contributed by atoms with Crippen LogP contribution < -0.4 is 4.72 Å². The highest BCUT2D eigenvalue weighted by atomic mass is 32.2. The zero-order valence-corrected chi connectivity index (χ0v) is 10.6. The first-order chi connectivity index (χ1) is 8.63. The quantitative estimate of drug-likeness (QED) is 0.893. The lowest BCUT2D eigenvalue weighted by Crippen LogP contribution is -2.15. The van der Waals surface area contributed by atoms with Crippen LogP contribution in [0.2, 0.25) is 0 Å². The number of aromatic nitrogens is 2. The van der Waals surface area contributed by atoms with Crippen molar-refractivity contribution < 1.29 is 12.8 Å². The lowest BCUT2D eigenvalue weighted by Gasteiger charge is -2.08. The molecule has 0 aliphatic heterocycles. The number of rotatable bonds is 5. The van der Waals surface area contributed by atoms with Gasteiger partial charge in [-0.3, -0.25) is 9.71 Å². The fourth-order valence-electron chi connectivity index (χ4n) is 1.46. The fraction of sp³-hybridized carbons (Fsp3) is 0.273. The zero-order valence-electron chi connectivity index (χ0n) is 9.83. The Morgan fingerprint density at radius 3 is 2.78 bits per heavy atom. The first-order valence-corrected chi connectivity index (χ1v) is 6.96. The third-order valence-corrected chi connectivity index (χ3v) is 3.61. The molecule has 2 aromatic heterocycles. The van der Waals surface area contributed by atoms with Crippen molar-refractivity contribution in [3.8, 4) is 0 Å². The van der Waals surface area contributed by atoms with Crippen molar-refractivity contribution in [2.75, 3.05) is 4.72 Å². The van der Waals surface area contributed by atoms with Gasteiger partial charge in [-0.25, -0.2) is 13.4 Å². The second kappa shape index (κ2) is 5.18. The van der Waals surface area contributed by atoms with Gasteiger partial charge in [0.15, 0.2) is 5.82 Å². The third-order valence-electron chi connectivity index (χ3n) is 2.30. The van der Waals surface area contributed by atoms with Crippen LogP contribution >= 0.6 is 0 Å². The molecule has 0 amide bonds. The van der Waals surface area contributed by atoms with Gasteiger partial charge in [-0.05, 0) is 12.5 Å². The van der Waals surface area contributed by atoms with Gasteiger partial charge in [0.2, 0.25) is 0 Å². The van der Waals surface area contributed by atoms with Crippen molar-refractivity contribution >= 4 is 15.8 Å². The van der Waals surface area contributed by atoms with Gasteiger partial charge in [0, 0.05) is 12.4 Å². The zero-order chi connectivity index (χ0) is 13.0. The van der Waals surface area contributed by atoms with Crippen molar-refractivity contribution in [1.82, 2.24) is 9.97 Å². The molecule has 2 heterocycles. The highest BCUT2D eigenvalue weighted by molar-refractivity contribution is 7.92. The van der Waals surface area contributed by atoms with Crippen molar-refractivity contribution in [2.45, 2.75) is 24.7 Å². The molecule has 0 saturated carbocycles. The molecule has 0 aliphatic carbocycles. The second-order valence-electron chi connectivity index (χ2n) is 3.67. The molecule has 0 bridgehead atoms. The van der Waals surface area contributed by atoms with Crippen molar-refractivity contribution in [3.05, 3.63) is 36.7 Å². The molecule has 96 valence electrons. The summed E-state index contributed by atoms with van der Waals surface area (Å²) in [6.45, 7) is 1.99. The first-order valence-electron chi connectivity index (χ1n) is 5.48. The highest BCUT2D eigenvalue weighted by Gasteiger charge is 2.18. The lowest BCUT2D eigenvalue weighted by atomic mass is 10.2. The maximum absolute atomic E-state index is 12.0. The lowest BCUT2D eigenvalue weighted by molar-refractivity contribution is 0.557. The summed E-state index contributed by atoms with van der Waals surface area (Å²) in [6, 6.07) is 1.37. The van der Waals surface area contributed by atoms with Gasteiger partial charge in [0.1, 0.15) is 11.2 Å². The summed E-state index contributed by atoms with van der Waals surface area (Å²) in [7, 11) is -3.66. The maximum Gasteiger partial charge on any atom is 0.266 e. The molecule has 0 unspecified atom stereocenters. The van der Waals surface area contributed by atoms with E-state index in [4.69, 9.17) is 4.42 Å². The molecule has 2 aromatic rings. The summed E-state index contributed by atoms with van der Waals surface area (Å²) in [6.07, 6.45) is 6.99. The van der Waals surface area contributed by atoms with Gasteiger partial charge in [-0.1, -0.05) is 13.3 Å². The number of hydrogen-bond acceptors (Lipinski definition) is 5. The maximum atomic E-state index is 12.0. The number of sulfonamides is 1. The van der Waals surface area contributed by atoms with E-state index in [1.54, 1.807) is 6.20 Å². The van der Waals surface area contributed by atoms with Crippen LogP contribution in [-0.4, -0.2) is 18.4 Å². The van der Waals surface area contributed by atoms with E-state index in [9.17, 15) is 8.42 Å². The normalized spacial score (nSPS) is 11.4. The minimum atomic E-state index is -3.66. The molecule has 0 radical (unpaired) electrons. The van der Waals surface area contributed by atoms with Crippen molar-refractivity contribution in [1.29, 1.82) is 0 Å². The second-order valence-corrected chi connectivity index (χ2v) is 5.35. The molecule has 7 heteroatoms. The molecule has 2 rings (SSSR count). The summed E-state index contributed by atoms with van der Waals surface area (Å²) < 4.78 is 31.1. The van der Waals surface area contributed by atoms with Crippen LogP contribution in [0.5, 0.6) is 0 Å². The molecular formula is C11H13N3O3S. The summed E-state index contributed by atoms with van der Waals surface area (Å²) in [5.74, 6) is 0.264. The van der Waals surface area contributed by atoms with Gasteiger partial charge >= 0.3 is 0 Å². The standard InChI is InChI=1S/C11H13N3O3S/c1-2-3-10-11(13-6-5-12-10)14-18(15,16)9-4-7-17-8-9/h4-8H,2-3H2,1H3,(H,13,14). The molecule has 0 fully saturated rings. The highest BCUT2D eigenvalue weighted by Crippen LogP contribution is 2.17. The van der Waals surface area contributed by atoms with Crippen molar-refractivity contribution in [2.24, 2.45) is 0 Å². The smallest absolute Gasteiger partial charge is 0.266 e. The molecule has 0 aliphatic rings. The van der Waals surface area contributed by atoms with Gasteiger partial charge in [-0.15, -0.1) is 0 Å². The van der Waals surface area contributed by atoms with Crippen molar-refractivity contribution in [3.63, 3.8) is 0 Å². The molecule has 0 saturated heterocycles. The van der Waals surface area contributed by atoms with Gasteiger partial charge in [-0.2, -0.15) is 0 Å². The van der Waals surface area contributed by atoms with E-state index in [1.807, 2.05) is 6.92 Å². The number of hydrogen-bond donors (Lipinski definition) is 1. The Hall–Kier alpha value is -1.89. The minimum Gasteiger partial charge on any atom is -0.471 e. The molecule has 18 heavy (non-hydrogen) atoms. The number of nitrogens with zero attached hydrogens (tertiary/aromatic N) is 2. The predicted molar refractivity (Wildman–Crippen MR) is 65.5 cm³/mol. The number of anilines is 1. The van der Waals surface area contributed by atoms with Crippen LogP contribution in [0.1, 0.15) is 19.0 Å². The Balaban J connectivity index is 2.29. The van der Waals surface area contributed by atoms with Crippen LogP contribution in [0, 0.1) is 0 Å². The molecule has 6 nitrogen and oxygen atoms in total. The molecule has 0 atom stereocenters. The monoisotopic (exact) mass is 267 g/mol. The fourth-order valence-corrected chi connectivity index (χ4v) is 2.42. The summed E-state index contributed by atoms with van der Waals surface area (Å²) in [4.78, 5) is 8.20. The van der Waals surface area contributed by atoms with Crippen LogP contribution in [0.25, 0.3) is 0 Å². The predicted octanol–water partition coefficient (Wildman–Crippen LogP) is 1.82. The van der Waals surface area contributed by atoms with E-state index in [-0.39, 0.29) is 10.7 Å². The summed E-state index contributed by atoms with van der Waals surface area (Å²) in [5, 5.41) is 0. The first kappa shape index (κ1) is 12.6. The Labute approximate surface area is 105 Å². The van der Waals surface area contributed by atoms with E-state index < -0.39 is 10.0 Å². The van der Waals surface area contributed by atoms with Crippen LogP contribution in [0.4, 0.5) is 5.82 Å². The summed E-state index contributed by atoms with van der Waals surface area (Å²) >= 11 is 0. The SMILES string of the molecule is CCCc1nccnc1NS(=O)(=O)c1ccoc1. The van der Waals surface area contributed by atoms with E-state index >= 15 is 0 Å². The third kappa shape index (κ3) is 2.67. The van der Waals surface area contributed by atoms with E-state index in [2.05, 4.69) is 14.7 Å². The van der Waals surface area contributed by atoms with Crippen LogP contribution in [-0.2, 0) is 16.4 Å². The Morgan fingerprint density at radius 2 is 2.11 bits per heavy atom. The average Bonchev–Trinajstić information content (AvgIpc) is 2.86. The topological polar surface area (TPSA) is 85.1 Å². The van der Waals surface area contributed by atoms with E-state index in [1.165, 1.54) is 18.5 Å². The number of furan rings is 1. The van der Waals surface area contributed by atoms with Gasteiger partial charge < -0.3 is 4.42 Å². The van der Waals surface area contributed by atoms with E-state index in [0.717, 1.165) is 12.7 Å². The molecule has 0 spiro atoms. The van der Waals surface area contributed by atoms with Gasteiger partial charge in [0.25, 0.3) is 10.0 Å². The van der Waals surface area contributed by atoms with E-state index in [0.29, 0.717) is 12.1 Å². The Morgan fingerprint density at radius 1 is 1.33 bits per heavy atom. The molecule has 0 aromatic carbocycles. The number of nitrogens with one attached hydrogen (secondary N) is 1. The average molecular weight is 267 g/mol. The number of aryl methyl sites for hydroxylation is 1. The molecular weight excluding hydrogens is 254 g/mol. The Kier molecular flexibility index (Phi) is 3.61. The van der Waals surface area contributed by atoms with Crippen LogP contribution in [0.3, 0.4) is 0 Å². The minimum absolute atomic E-state index is 0.0654. The molecule has 1 N–H and O–H groups in total. The Bertz CT molecular complexity index is 608.